The molecule has 1 heterocycles. The minimum atomic E-state index is -0.851. The summed E-state index contributed by atoms with van der Waals surface area (Å²) in [5.74, 6) is -1.10. The molecule has 0 bridgehead atoms. The predicted molar refractivity (Wildman–Crippen MR) is 116 cm³/mol. The molecule has 0 aliphatic heterocycles. The number of ketones is 1. The molecule has 29 heavy (non-hydrogen) atoms. The van der Waals surface area contributed by atoms with Gasteiger partial charge in [-0.1, -0.05) is 44.3 Å². The van der Waals surface area contributed by atoms with Crippen LogP contribution in [0.25, 0.3) is 10.9 Å². The van der Waals surface area contributed by atoms with Crippen molar-refractivity contribution in [1.29, 1.82) is 0 Å². The second-order valence-corrected chi connectivity index (χ2v) is 7.81. The van der Waals surface area contributed by atoms with Crippen LogP contribution in [0.15, 0.2) is 30.5 Å². The van der Waals surface area contributed by atoms with Crippen molar-refractivity contribution in [2.24, 2.45) is 5.92 Å². The lowest BCUT2D eigenvalue weighted by Crippen LogP contribution is -2.54. The van der Waals surface area contributed by atoms with Crippen LogP contribution >= 0.6 is 12.2 Å². The number of fused-ring (bicyclic) bond motifs is 1. The molecule has 0 spiro atoms. The van der Waals surface area contributed by atoms with Crippen molar-refractivity contribution in [2.45, 2.75) is 45.7 Å². The minimum Gasteiger partial charge on any atom is -0.467 e. The van der Waals surface area contributed by atoms with Crippen LogP contribution in [0.3, 0.4) is 0 Å². The van der Waals surface area contributed by atoms with Gasteiger partial charge in [0.05, 0.1) is 18.5 Å². The Kier molecular flexibility index (Phi) is 7.90. The van der Waals surface area contributed by atoms with Crippen LogP contribution in [-0.4, -0.2) is 46.8 Å². The first-order valence-electron chi connectivity index (χ1n) is 9.45. The van der Waals surface area contributed by atoms with Crippen molar-refractivity contribution in [2.75, 3.05) is 7.11 Å². The lowest BCUT2D eigenvalue weighted by atomic mass is 10.0. The van der Waals surface area contributed by atoms with Gasteiger partial charge in [0.15, 0.2) is 0 Å². The first-order valence-corrected chi connectivity index (χ1v) is 9.85. The summed E-state index contributed by atoms with van der Waals surface area (Å²) < 4.78 is 4.89. The van der Waals surface area contributed by atoms with Crippen LogP contribution in [0.4, 0.5) is 0 Å². The zero-order chi connectivity index (χ0) is 21.6. The molecule has 2 atom stereocenters. The van der Waals surface area contributed by atoms with Crippen LogP contribution in [0.1, 0.15) is 32.8 Å². The Morgan fingerprint density at radius 2 is 1.86 bits per heavy atom. The molecule has 3 N–H and O–H groups in total. The largest absolute Gasteiger partial charge is 0.467 e. The number of rotatable bonds is 9. The second kappa shape index (κ2) is 10.2. The number of para-hydroxylation sites is 1. The second-order valence-electron chi connectivity index (χ2n) is 7.32. The van der Waals surface area contributed by atoms with Gasteiger partial charge in [-0.2, -0.15) is 0 Å². The molecule has 0 fully saturated rings. The molecular weight excluding hydrogens is 390 g/mol. The molecule has 156 valence electrons. The van der Waals surface area contributed by atoms with Crippen LogP contribution < -0.4 is 10.6 Å². The molecule has 2 aromatic rings. The summed E-state index contributed by atoms with van der Waals surface area (Å²) in [4.78, 5) is 40.0. The van der Waals surface area contributed by atoms with E-state index >= 15 is 0 Å². The van der Waals surface area contributed by atoms with E-state index in [9.17, 15) is 14.4 Å². The molecule has 1 amide bonds. The van der Waals surface area contributed by atoms with Crippen LogP contribution in [0.5, 0.6) is 0 Å². The van der Waals surface area contributed by atoms with E-state index in [1.54, 1.807) is 0 Å². The quantitative estimate of drug-likeness (QED) is 0.428. The zero-order valence-electron chi connectivity index (χ0n) is 17.1. The predicted octanol–water partition coefficient (Wildman–Crippen LogP) is 2.29. The van der Waals surface area contributed by atoms with E-state index in [-0.39, 0.29) is 30.4 Å². The number of ether oxygens (including phenoxy) is 1. The number of hydrogen-bond acceptors (Lipinski definition) is 5. The fraction of sp³-hybridized carbons (Fsp3) is 0.429. The Labute approximate surface area is 175 Å². The van der Waals surface area contributed by atoms with Gasteiger partial charge in [0.1, 0.15) is 17.9 Å². The Morgan fingerprint density at radius 1 is 1.17 bits per heavy atom. The summed E-state index contributed by atoms with van der Waals surface area (Å²) in [5, 5.41) is 6.70. The number of amides is 1. The van der Waals surface area contributed by atoms with Gasteiger partial charge < -0.3 is 20.4 Å². The van der Waals surface area contributed by atoms with Gasteiger partial charge in [-0.05, 0) is 24.5 Å². The first-order chi connectivity index (χ1) is 13.7. The maximum Gasteiger partial charge on any atom is 0.328 e. The first kappa shape index (κ1) is 22.5. The Hall–Kier alpha value is -2.74. The van der Waals surface area contributed by atoms with Crippen molar-refractivity contribution in [3.8, 4) is 0 Å². The summed E-state index contributed by atoms with van der Waals surface area (Å²) in [5.41, 5.74) is 1.85. The molecule has 0 aliphatic carbocycles. The molecule has 8 heteroatoms. The van der Waals surface area contributed by atoms with Crippen molar-refractivity contribution in [1.82, 2.24) is 15.6 Å². The number of carbonyl (C=O) groups is 3. The minimum absolute atomic E-state index is 0.0710. The third-order valence-electron chi connectivity index (χ3n) is 4.58. The number of H-pyrrole nitrogens is 1. The van der Waals surface area contributed by atoms with Gasteiger partial charge in [0.25, 0.3) is 0 Å². The number of Topliss-reactive ketones (excluding diaryl/α,β-unsaturated/α-hetero) is 1. The number of hydrogen-bond donors (Lipinski definition) is 3. The van der Waals surface area contributed by atoms with E-state index in [0.717, 1.165) is 16.5 Å². The monoisotopic (exact) mass is 417 g/mol. The lowest BCUT2D eigenvalue weighted by Gasteiger charge is -2.25. The van der Waals surface area contributed by atoms with Crippen LogP contribution in [0, 0.1) is 5.92 Å². The van der Waals surface area contributed by atoms with Crippen molar-refractivity contribution in [3.63, 3.8) is 0 Å². The number of methoxy groups -OCH3 is 1. The normalized spacial score (nSPS) is 13.0. The molecule has 1 aromatic heterocycles. The van der Waals surface area contributed by atoms with Gasteiger partial charge in [-0.25, -0.2) is 4.79 Å². The number of aromatic nitrogens is 1. The van der Waals surface area contributed by atoms with Crippen molar-refractivity contribution >= 4 is 45.8 Å². The number of thiocarbonyl (C=S) groups is 1. The van der Waals surface area contributed by atoms with Crippen LogP contribution in [-0.2, 0) is 25.5 Å². The number of esters is 1. The summed E-state index contributed by atoms with van der Waals surface area (Å²) in [6.45, 7) is 5.16. The Morgan fingerprint density at radius 3 is 2.48 bits per heavy atom. The maximum atomic E-state index is 12.9. The van der Waals surface area contributed by atoms with Gasteiger partial charge in [0, 0.05) is 23.5 Å². The molecule has 0 radical (unpaired) electrons. The summed E-state index contributed by atoms with van der Waals surface area (Å²) >= 11 is 5.17. The molecule has 2 rings (SSSR count). The van der Waals surface area contributed by atoms with Gasteiger partial charge in [-0.15, -0.1) is 0 Å². The van der Waals surface area contributed by atoms with Crippen LogP contribution in [0.2, 0.25) is 0 Å². The molecule has 0 saturated carbocycles. The van der Waals surface area contributed by atoms with E-state index in [2.05, 4.69) is 15.6 Å². The van der Waals surface area contributed by atoms with E-state index in [4.69, 9.17) is 17.0 Å². The third-order valence-corrected chi connectivity index (χ3v) is 4.84. The van der Waals surface area contributed by atoms with E-state index in [1.807, 2.05) is 44.3 Å². The highest BCUT2D eigenvalue weighted by Crippen LogP contribution is 2.19. The van der Waals surface area contributed by atoms with E-state index in [1.165, 1.54) is 14.0 Å². The highest BCUT2D eigenvalue weighted by Gasteiger charge is 2.29. The van der Waals surface area contributed by atoms with Gasteiger partial charge in [0.2, 0.25) is 5.91 Å². The Balaban J connectivity index is 2.17. The maximum absolute atomic E-state index is 12.9. The fourth-order valence-corrected chi connectivity index (χ4v) is 3.43. The number of carbonyl (C=O) groups excluding carboxylic acids is 3. The topological polar surface area (TPSA) is 100 Å². The van der Waals surface area contributed by atoms with E-state index in [0.29, 0.717) is 4.99 Å². The SMILES string of the molecule is COC(=O)[C@H](Cc1c[nH]c2ccccc12)NC(=O)[C@@H](NC(=S)CC(C)=O)C(C)C. The summed E-state index contributed by atoms with van der Waals surface area (Å²) in [6.07, 6.45) is 2.18. The Bertz CT molecular complexity index is 906. The standard InChI is InChI=1S/C21H27N3O4S/c1-12(2)19(24-18(29)9-13(3)25)20(26)23-17(21(27)28-4)10-14-11-22-16-8-6-5-7-15(14)16/h5-8,11-12,17,19,22H,9-10H2,1-4H3,(H,23,26)(H,24,29)/t17-,19-/m0/s1. The highest BCUT2D eigenvalue weighted by atomic mass is 32.1. The molecule has 0 saturated heterocycles. The third kappa shape index (κ3) is 6.12. The van der Waals surface area contributed by atoms with Crippen molar-refractivity contribution < 1.29 is 19.1 Å². The van der Waals surface area contributed by atoms with Crippen molar-refractivity contribution in [3.05, 3.63) is 36.0 Å². The fourth-order valence-electron chi connectivity index (χ4n) is 3.10. The smallest absolute Gasteiger partial charge is 0.328 e. The number of benzene rings is 1. The molecule has 7 nitrogen and oxygen atoms in total. The number of aromatic amines is 1. The van der Waals surface area contributed by atoms with Gasteiger partial charge >= 0.3 is 5.97 Å². The summed E-state index contributed by atoms with van der Waals surface area (Å²) in [6, 6.07) is 6.22. The average Bonchev–Trinajstić information content (AvgIpc) is 3.07. The lowest BCUT2D eigenvalue weighted by molar-refractivity contribution is -0.145. The highest BCUT2D eigenvalue weighted by molar-refractivity contribution is 7.80. The molecule has 0 unspecified atom stereocenters. The average molecular weight is 418 g/mol. The molecular formula is C21H27N3O4S. The molecule has 0 aliphatic rings. The summed E-state index contributed by atoms with van der Waals surface area (Å²) in [7, 11) is 1.29. The zero-order valence-corrected chi connectivity index (χ0v) is 17.9. The van der Waals surface area contributed by atoms with Gasteiger partial charge in [-0.3, -0.25) is 9.59 Å². The molecule has 1 aromatic carbocycles. The number of nitrogens with one attached hydrogen (secondary N) is 3. The van der Waals surface area contributed by atoms with E-state index < -0.39 is 18.1 Å².